The lowest BCUT2D eigenvalue weighted by atomic mass is 10.2. The molecule has 0 bridgehead atoms. The van der Waals surface area contributed by atoms with E-state index in [2.05, 4.69) is 5.92 Å². The van der Waals surface area contributed by atoms with Crippen LogP contribution in [-0.4, -0.2) is 46.5 Å². The molecule has 0 aromatic heterocycles. The molecular formula is C17H15NO5S2. The molecule has 1 aliphatic heterocycles. The van der Waals surface area contributed by atoms with Crippen LogP contribution in [0, 0.1) is 12.3 Å². The van der Waals surface area contributed by atoms with E-state index in [1.165, 1.54) is 12.0 Å². The van der Waals surface area contributed by atoms with E-state index in [4.69, 9.17) is 33.2 Å². The van der Waals surface area contributed by atoms with Crippen molar-refractivity contribution >= 4 is 46.3 Å². The quantitative estimate of drug-likeness (QED) is 0.444. The van der Waals surface area contributed by atoms with Gasteiger partial charge in [-0.05, 0) is 23.8 Å². The fourth-order valence-electron chi connectivity index (χ4n) is 2.06. The van der Waals surface area contributed by atoms with Crippen LogP contribution >= 0.6 is 24.0 Å². The number of hydrogen-bond acceptors (Lipinski definition) is 6. The summed E-state index contributed by atoms with van der Waals surface area (Å²) in [6.45, 7) is 0.178. The maximum Gasteiger partial charge on any atom is 0.305 e. The summed E-state index contributed by atoms with van der Waals surface area (Å²) in [6, 6.07) is 5.18. The van der Waals surface area contributed by atoms with Gasteiger partial charge in [-0.25, -0.2) is 0 Å². The minimum Gasteiger partial charge on any atom is -0.493 e. The Morgan fingerprint density at radius 2 is 2.24 bits per heavy atom. The first-order chi connectivity index (χ1) is 12.0. The van der Waals surface area contributed by atoms with Gasteiger partial charge in [0.05, 0.1) is 18.4 Å². The van der Waals surface area contributed by atoms with Crippen LogP contribution in [0.2, 0.25) is 0 Å². The van der Waals surface area contributed by atoms with Gasteiger partial charge < -0.3 is 14.6 Å². The molecule has 0 spiro atoms. The van der Waals surface area contributed by atoms with Crippen molar-refractivity contribution in [3.8, 4) is 23.8 Å². The van der Waals surface area contributed by atoms with Crippen molar-refractivity contribution in [3.05, 3.63) is 28.7 Å². The Hall–Kier alpha value is -2.50. The van der Waals surface area contributed by atoms with Crippen molar-refractivity contribution in [2.75, 3.05) is 20.3 Å². The minimum atomic E-state index is -0.981. The Labute approximate surface area is 154 Å². The highest BCUT2D eigenvalue weighted by Crippen LogP contribution is 2.34. The molecule has 0 atom stereocenters. The molecule has 1 aromatic carbocycles. The largest absolute Gasteiger partial charge is 0.493 e. The molecule has 1 fully saturated rings. The molecule has 0 saturated carbocycles. The summed E-state index contributed by atoms with van der Waals surface area (Å²) < 4.78 is 11.0. The van der Waals surface area contributed by atoms with Crippen molar-refractivity contribution in [2.24, 2.45) is 0 Å². The molecule has 1 aromatic rings. The topological polar surface area (TPSA) is 76.1 Å². The number of thiocarbonyl (C=S) groups is 1. The molecule has 0 unspecified atom stereocenters. The molecule has 1 heterocycles. The zero-order chi connectivity index (χ0) is 18.4. The van der Waals surface area contributed by atoms with Gasteiger partial charge in [-0.3, -0.25) is 14.5 Å². The average Bonchev–Trinajstić information content (AvgIpc) is 2.85. The average molecular weight is 377 g/mol. The molecule has 8 heteroatoms. The molecule has 1 amide bonds. The zero-order valence-electron chi connectivity index (χ0n) is 13.4. The number of aliphatic carboxylic acids is 1. The zero-order valence-corrected chi connectivity index (χ0v) is 15.0. The third-order valence-corrected chi connectivity index (χ3v) is 4.60. The summed E-state index contributed by atoms with van der Waals surface area (Å²) in [4.78, 5) is 24.8. The standard InChI is InChI=1S/C17H15NO5S2/c1-3-8-23-12-5-4-11(9-13(12)22-2)10-14-16(21)18(17(24)25-14)7-6-15(19)20/h1,4-5,9-10H,6-8H2,2H3,(H,19,20)/b14-10+. The second-order valence-electron chi connectivity index (χ2n) is 4.88. The molecule has 2 rings (SSSR count). The second kappa shape index (κ2) is 8.55. The third kappa shape index (κ3) is 4.75. The van der Waals surface area contributed by atoms with Gasteiger partial charge in [-0.2, -0.15) is 0 Å². The number of terminal acetylenes is 1. The van der Waals surface area contributed by atoms with E-state index < -0.39 is 5.97 Å². The van der Waals surface area contributed by atoms with Crippen LogP contribution in [0.1, 0.15) is 12.0 Å². The normalized spacial score (nSPS) is 15.4. The molecule has 1 aliphatic rings. The first kappa shape index (κ1) is 18.8. The highest BCUT2D eigenvalue weighted by atomic mass is 32.2. The molecule has 0 radical (unpaired) electrons. The second-order valence-corrected chi connectivity index (χ2v) is 6.56. The number of ether oxygens (including phenoxy) is 2. The van der Waals surface area contributed by atoms with Gasteiger partial charge in [0.15, 0.2) is 11.5 Å². The number of amides is 1. The van der Waals surface area contributed by atoms with E-state index in [1.54, 1.807) is 24.3 Å². The molecule has 6 nitrogen and oxygen atoms in total. The van der Waals surface area contributed by atoms with Gasteiger partial charge >= 0.3 is 5.97 Å². The SMILES string of the molecule is C#CCOc1ccc(/C=C2/SC(=S)N(CCC(=O)O)C2=O)cc1OC. The van der Waals surface area contributed by atoms with E-state index >= 15 is 0 Å². The first-order valence-corrected chi connectivity index (χ1v) is 8.40. The van der Waals surface area contributed by atoms with Gasteiger partial charge in [0.2, 0.25) is 0 Å². The summed E-state index contributed by atoms with van der Waals surface area (Å²) >= 11 is 6.29. The van der Waals surface area contributed by atoms with Crippen LogP contribution < -0.4 is 9.47 Å². The van der Waals surface area contributed by atoms with Crippen molar-refractivity contribution in [3.63, 3.8) is 0 Å². The van der Waals surface area contributed by atoms with E-state index in [-0.39, 0.29) is 25.5 Å². The van der Waals surface area contributed by atoms with Gasteiger partial charge in [0.25, 0.3) is 5.91 Å². The Morgan fingerprint density at radius 1 is 1.48 bits per heavy atom. The Kier molecular flexibility index (Phi) is 6.44. The summed E-state index contributed by atoms with van der Waals surface area (Å²) in [6.07, 6.45) is 6.69. The highest BCUT2D eigenvalue weighted by molar-refractivity contribution is 8.26. The highest BCUT2D eigenvalue weighted by Gasteiger charge is 2.32. The fraction of sp³-hybridized carbons (Fsp3) is 0.235. The van der Waals surface area contributed by atoms with Crippen LogP contribution in [0.5, 0.6) is 11.5 Å². The van der Waals surface area contributed by atoms with Gasteiger partial charge in [-0.15, -0.1) is 6.42 Å². The lowest BCUT2D eigenvalue weighted by Gasteiger charge is -2.12. The van der Waals surface area contributed by atoms with Crippen LogP contribution in [0.4, 0.5) is 0 Å². The first-order valence-electron chi connectivity index (χ1n) is 7.17. The van der Waals surface area contributed by atoms with E-state index in [9.17, 15) is 9.59 Å². The lowest BCUT2D eigenvalue weighted by molar-refractivity contribution is -0.137. The number of thioether (sulfide) groups is 1. The number of carbonyl (C=O) groups excluding carboxylic acids is 1. The van der Waals surface area contributed by atoms with Crippen LogP contribution in [-0.2, 0) is 9.59 Å². The summed E-state index contributed by atoms with van der Waals surface area (Å²) in [5, 5.41) is 8.75. The van der Waals surface area contributed by atoms with Crippen LogP contribution in [0.25, 0.3) is 6.08 Å². The van der Waals surface area contributed by atoms with Gasteiger partial charge in [0, 0.05) is 6.54 Å². The van der Waals surface area contributed by atoms with Crippen molar-refractivity contribution in [1.82, 2.24) is 4.90 Å². The Balaban J connectivity index is 2.20. The molecular weight excluding hydrogens is 362 g/mol. The number of nitrogens with zero attached hydrogens (tertiary/aromatic N) is 1. The number of hydrogen-bond donors (Lipinski definition) is 1. The van der Waals surface area contributed by atoms with Crippen molar-refractivity contribution in [1.29, 1.82) is 0 Å². The van der Waals surface area contributed by atoms with Crippen LogP contribution in [0.15, 0.2) is 23.1 Å². The van der Waals surface area contributed by atoms with E-state index in [1.807, 2.05) is 0 Å². The Bertz CT molecular complexity index is 782. The number of carbonyl (C=O) groups is 2. The molecule has 1 saturated heterocycles. The maximum atomic E-state index is 12.4. The number of benzene rings is 1. The number of carboxylic acid groups (broad SMARTS) is 1. The van der Waals surface area contributed by atoms with Gasteiger partial charge in [-0.1, -0.05) is 36.0 Å². The smallest absolute Gasteiger partial charge is 0.305 e. The van der Waals surface area contributed by atoms with E-state index in [0.29, 0.717) is 20.7 Å². The number of carboxylic acids is 1. The van der Waals surface area contributed by atoms with Crippen molar-refractivity contribution in [2.45, 2.75) is 6.42 Å². The summed E-state index contributed by atoms with van der Waals surface area (Å²) in [7, 11) is 1.51. The summed E-state index contributed by atoms with van der Waals surface area (Å²) in [5.74, 6) is 2.09. The fourth-order valence-corrected chi connectivity index (χ4v) is 3.37. The minimum absolute atomic E-state index is 0.0551. The number of rotatable bonds is 7. The van der Waals surface area contributed by atoms with Crippen molar-refractivity contribution < 1.29 is 24.2 Å². The van der Waals surface area contributed by atoms with E-state index in [0.717, 1.165) is 17.3 Å². The molecule has 25 heavy (non-hydrogen) atoms. The van der Waals surface area contributed by atoms with Gasteiger partial charge in [0.1, 0.15) is 10.9 Å². The van der Waals surface area contributed by atoms with Crippen LogP contribution in [0.3, 0.4) is 0 Å². The molecule has 1 N–H and O–H groups in total. The lowest BCUT2D eigenvalue weighted by Crippen LogP contribution is -2.30. The monoisotopic (exact) mass is 377 g/mol. The Morgan fingerprint density at radius 3 is 2.88 bits per heavy atom. The third-order valence-electron chi connectivity index (χ3n) is 3.22. The molecule has 130 valence electrons. The predicted molar refractivity (Wildman–Crippen MR) is 99.5 cm³/mol. The molecule has 0 aliphatic carbocycles. The predicted octanol–water partition coefficient (Wildman–Crippen LogP) is 2.38. The maximum absolute atomic E-state index is 12.4. The summed E-state index contributed by atoms with van der Waals surface area (Å²) in [5.41, 5.74) is 0.726. The number of methoxy groups -OCH3 is 1.